The lowest BCUT2D eigenvalue weighted by Gasteiger charge is -2.32. The highest BCUT2D eigenvalue weighted by molar-refractivity contribution is 5.94. The van der Waals surface area contributed by atoms with Crippen LogP contribution in [-0.4, -0.2) is 35.6 Å². The molecule has 2 aliphatic heterocycles. The number of nitrogens with zero attached hydrogens (tertiary/aromatic N) is 1. The monoisotopic (exact) mass is 274 g/mol. The molecule has 1 saturated heterocycles. The number of carbonyl (C=O) groups excluding carboxylic acids is 1. The Labute approximate surface area is 119 Å². The van der Waals surface area contributed by atoms with Crippen LogP contribution in [0.1, 0.15) is 40.7 Å². The molecular weight excluding hydrogens is 252 g/mol. The molecule has 108 valence electrons. The number of amides is 1. The zero-order valence-corrected chi connectivity index (χ0v) is 11.8. The Balaban J connectivity index is 1.72. The minimum Gasteiger partial charge on any atom is -0.396 e. The van der Waals surface area contributed by atoms with Gasteiger partial charge in [-0.2, -0.15) is 0 Å². The fourth-order valence-corrected chi connectivity index (χ4v) is 3.28. The number of carbonyl (C=O) groups is 1. The lowest BCUT2D eigenvalue weighted by Crippen LogP contribution is -2.40. The van der Waals surface area contributed by atoms with Crippen LogP contribution in [-0.2, 0) is 13.1 Å². The Morgan fingerprint density at radius 1 is 1.35 bits per heavy atom. The summed E-state index contributed by atoms with van der Waals surface area (Å²) in [6, 6.07) is 6.05. The molecule has 3 rings (SSSR count). The number of aliphatic hydroxyl groups is 1. The van der Waals surface area contributed by atoms with E-state index in [1.54, 1.807) is 0 Å². The van der Waals surface area contributed by atoms with Crippen molar-refractivity contribution in [3.63, 3.8) is 0 Å². The molecule has 0 radical (unpaired) electrons. The Hall–Kier alpha value is -1.39. The van der Waals surface area contributed by atoms with Crippen LogP contribution in [0.4, 0.5) is 0 Å². The molecule has 1 unspecified atom stereocenters. The highest BCUT2D eigenvalue weighted by Crippen LogP contribution is 2.23. The van der Waals surface area contributed by atoms with Crippen molar-refractivity contribution in [3.05, 3.63) is 34.9 Å². The number of aliphatic hydroxyl groups excluding tert-OH is 1. The van der Waals surface area contributed by atoms with Crippen molar-refractivity contribution in [3.8, 4) is 0 Å². The summed E-state index contributed by atoms with van der Waals surface area (Å²) < 4.78 is 0. The third kappa shape index (κ3) is 2.72. The van der Waals surface area contributed by atoms with E-state index in [-0.39, 0.29) is 12.5 Å². The maximum absolute atomic E-state index is 12.6. The molecule has 0 aliphatic carbocycles. The van der Waals surface area contributed by atoms with E-state index in [9.17, 15) is 4.79 Å². The number of likely N-dealkylation sites (tertiary alicyclic amines) is 1. The summed E-state index contributed by atoms with van der Waals surface area (Å²) in [5.74, 6) is 0.594. The molecule has 0 saturated carbocycles. The highest BCUT2D eigenvalue weighted by Gasteiger charge is 2.24. The Morgan fingerprint density at radius 3 is 3.05 bits per heavy atom. The van der Waals surface area contributed by atoms with E-state index < -0.39 is 0 Å². The molecule has 1 aromatic rings. The van der Waals surface area contributed by atoms with Gasteiger partial charge in [-0.25, -0.2) is 0 Å². The lowest BCUT2D eigenvalue weighted by molar-refractivity contribution is 0.0653. The van der Waals surface area contributed by atoms with Crippen LogP contribution in [0.2, 0.25) is 0 Å². The molecule has 1 atom stereocenters. The van der Waals surface area contributed by atoms with Crippen molar-refractivity contribution in [1.29, 1.82) is 0 Å². The van der Waals surface area contributed by atoms with Gasteiger partial charge in [0.05, 0.1) is 0 Å². The number of benzene rings is 1. The van der Waals surface area contributed by atoms with Gasteiger partial charge in [0.1, 0.15) is 0 Å². The van der Waals surface area contributed by atoms with Gasteiger partial charge in [-0.3, -0.25) is 4.79 Å². The molecule has 2 aliphatic rings. The first-order valence-corrected chi connectivity index (χ1v) is 7.50. The van der Waals surface area contributed by atoms with Crippen LogP contribution in [0.5, 0.6) is 0 Å². The fraction of sp³-hybridized carbons (Fsp3) is 0.562. The largest absolute Gasteiger partial charge is 0.396 e. The molecule has 0 spiro atoms. The lowest BCUT2D eigenvalue weighted by atomic mass is 9.94. The van der Waals surface area contributed by atoms with Crippen molar-refractivity contribution in [2.24, 2.45) is 5.92 Å². The van der Waals surface area contributed by atoms with Gasteiger partial charge in [-0.1, -0.05) is 6.07 Å². The quantitative estimate of drug-likeness (QED) is 0.879. The standard InChI is InChI=1S/C16H22N2O2/c19-7-5-12-2-1-6-18(11-12)16(20)13-3-4-14-9-17-10-15(14)8-13/h3-4,8,12,17,19H,1-2,5-7,9-11H2. The van der Waals surface area contributed by atoms with Crippen LogP contribution in [0.3, 0.4) is 0 Å². The molecule has 0 bridgehead atoms. The molecule has 2 N–H and O–H groups in total. The van der Waals surface area contributed by atoms with Crippen molar-refractivity contribution < 1.29 is 9.90 Å². The number of hydrogen-bond acceptors (Lipinski definition) is 3. The topological polar surface area (TPSA) is 52.6 Å². The number of rotatable bonds is 3. The number of piperidine rings is 1. The van der Waals surface area contributed by atoms with E-state index in [4.69, 9.17) is 5.11 Å². The van der Waals surface area contributed by atoms with Gasteiger partial charge in [0.15, 0.2) is 0 Å². The smallest absolute Gasteiger partial charge is 0.253 e. The maximum Gasteiger partial charge on any atom is 0.253 e. The highest BCUT2D eigenvalue weighted by atomic mass is 16.3. The van der Waals surface area contributed by atoms with E-state index >= 15 is 0 Å². The van der Waals surface area contributed by atoms with E-state index in [1.165, 1.54) is 11.1 Å². The SMILES string of the molecule is O=C(c1ccc2c(c1)CNC2)N1CCCC(CCO)C1. The van der Waals surface area contributed by atoms with Gasteiger partial charge >= 0.3 is 0 Å². The van der Waals surface area contributed by atoms with Crippen LogP contribution >= 0.6 is 0 Å². The number of nitrogens with one attached hydrogen (secondary N) is 1. The maximum atomic E-state index is 12.6. The second-order valence-electron chi connectivity index (χ2n) is 5.86. The zero-order chi connectivity index (χ0) is 13.9. The van der Waals surface area contributed by atoms with Gasteiger partial charge in [0.25, 0.3) is 5.91 Å². The molecular formula is C16H22N2O2. The van der Waals surface area contributed by atoms with E-state index in [1.807, 2.05) is 17.0 Å². The summed E-state index contributed by atoms with van der Waals surface area (Å²) in [5, 5.41) is 12.4. The number of fused-ring (bicyclic) bond motifs is 1. The van der Waals surface area contributed by atoms with Crippen molar-refractivity contribution in [1.82, 2.24) is 10.2 Å². The first-order chi connectivity index (χ1) is 9.78. The Morgan fingerprint density at radius 2 is 2.20 bits per heavy atom. The van der Waals surface area contributed by atoms with Crippen molar-refractivity contribution in [2.45, 2.75) is 32.4 Å². The van der Waals surface area contributed by atoms with Crippen LogP contribution in [0.25, 0.3) is 0 Å². The fourth-order valence-electron chi connectivity index (χ4n) is 3.28. The normalized spacial score (nSPS) is 21.9. The first kappa shape index (κ1) is 13.6. The minimum atomic E-state index is 0.141. The summed E-state index contributed by atoms with van der Waals surface area (Å²) in [5.41, 5.74) is 3.36. The summed E-state index contributed by atoms with van der Waals surface area (Å²) >= 11 is 0. The summed E-state index contributed by atoms with van der Waals surface area (Å²) in [7, 11) is 0. The van der Waals surface area contributed by atoms with E-state index in [2.05, 4.69) is 11.4 Å². The predicted molar refractivity (Wildman–Crippen MR) is 77.3 cm³/mol. The molecule has 1 fully saturated rings. The third-order valence-electron chi connectivity index (χ3n) is 4.43. The summed E-state index contributed by atoms with van der Waals surface area (Å²) in [6.45, 7) is 3.62. The van der Waals surface area contributed by atoms with Crippen molar-refractivity contribution >= 4 is 5.91 Å². The molecule has 1 amide bonds. The molecule has 4 heteroatoms. The molecule has 2 heterocycles. The zero-order valence-electron chi connectivity index (χ0n) is 11.8. The average Bonchev–Trinajstić information content (AvgIpc) is 2.94. The molecule has 1 aromatic carbocycles. The van der Waals surface area contributed by atoms with Crippen LogP contribution in [0, 0.1) is 5.92 Å². The Bertz CT molecular complexity index is 499. The van der Waals surface area contributed by atoms with E-state index in [0.717, 1.165) is 51.0 Å². The van der Waals surface area contributed by atoms with Gasteiger partial charge < -0.3 is 15.3 Å². The van der Waals surface area contributed by atoms with Crippen LogP contribution < -0.4 is 5.32 Å². The first-order valence-electron chi connectivity index (χ1n) is 7.50. The second kappa shape index (κ2) is 5.94. The molecule has 4 nitrogen and oxygen atoms in total. The minimum absolute atomic E-state index is 0.141. The summed E-state index contributed by atoms with van der Waals surface area (Å²) in [6.07, 6.45) is 2.97. The molecule has 0 aromatic heterocycles. The van der Waals surface area contributed by atoms with Gasteiger partial charge in [0.2, 0.25) is 0 Å². The average molecular weight is 274 g/mol. The van der Waals surface area contributed by atoms with Gasteiger partial charge in [-0.05, 0) is 48.4 Å². The number of hydrogen-bond donors (Lipinski definition) is 2. The second-order valence-corrected chi connectivity index (χ2v) is 5.86. The van der Waals surface area contributed by atoms with Crippen LogP contribution in [0.15, 0.2) is 18.2 Å². The molecule has 20 heavy (non-hydrogen) atoms. The van der Waals surface area contributed by atoms with Crippen molar-refractivity contribution in [2.75, 3.05) is 19.7 Å². The van der Waals surface area contributed by atoms with Gasteiger partial charge in [0, 0.05) is 38.3 Å². The van der Waals surface area contributed by atoms with E-state index in [0.29, 0.717) is 5.92 Å². The summed E-state index contributed by atoms with van der Waals surface area (Å²) in [4.78, 5) is 14.5. The van der Waals surface area contributed by atoms with Gasteiger partial charge in [-0.15, -0.1) is 0 Å². The predicted octanol–water partition coefficient (Wildman–Crippen LogP) is 1.52. The third-order valence-corrected chi connectivity index (χ3v) is 4.43. The Kier molecular flexibility index (Phi) is 4.03.